The lowest BCUT2D eigenvalue weighted by molar-refractivity contribution is -0.144. The smallest absolute Gasteiger partial charge is 0.324 e. The van der Waals surface area contributed by atoms with E-state index in [0.29, 0.717) is 0 Å². The summed E-state index contributed by atoms with van der Waals surface area (Å²) in [6.45, 7) is 3.35. The molecule has 0 saturated carbocycles. The van der Waals surface area contributed by atoms with E-state index >= 15 is 0 Å². The van der Waals surface area contributed by atoms with Crippen LogP contribution in [0, 0.1) is 13.8 Å². The normalized spacial score (nSPS) is 20.2. The Morgan fingerprint density at radius 3 is 1.90 bits per heavy atom. The number of rotatable bonds is 6. The molecule has 1 aliphatic rings. The molecule has 2 unspecified atom stereocenters. The van der Waals surface area contributed by atoms with Gasteiger partial charge in [0, 0.05) is 13.0 Å². The van der Waals surface area contributed by atoms with E-state index in [1.165, 1.54) is 24.3 Å². The van der Waals surface area contributed by atoms with Crippen LogP contribution < -0.4 is 0 Å². The molecular formula is C20H23NO7S2. The first-order chi connectivity index (χ1) is 14.0. The number of carbonyl (C=O) groups excluding carboxylic acids is 1. The highest BCUT2D eigenvalue weighted by molar-refractivity contribution is 7.89. The van der Waals surface area contributed by atoms with Crippen molar-refractivity contribution in [1.82, 2.24) is 4.31 Å². The van der Waals surface area contributed by atoms with Crippen LogP contribution in [-0.4, -0.2) is 52.9 Å². The maximum atomic E-state index is 13.1. The Hall–Kier alpha value is -2.27. The van der Waals surface area contributed by atoms with E-state index in [1.807, 2.05) is 13.8 Å². The van der Waals surface area contributed by atoms with Crippen molar-refractivity contribution in [3.05, 3.63) is 59.7 Å². The van der Waals surface area contributed by atoms with E-state index in [9.17, 15) is 21.6 Å². The first-order valence-corrected chi connectivity index (χ1v) is 12.1. The number of sulfonamides is 1. The molecule has 0 amide bonds. The molecule has 0 radical (unpaired) electrons. The van der Waals surface area contributed by atoms with Crippen LogP contribution in [0.25, 0.3) is 0 Å². The molecule has 1 saturated heterocycles. The van der Waals surface area contributed by atoms with Crippen LogP contribution >= 0.6 is 0 Å². The quantitative estimate of drug-likeness (QED) is 0.486. The minimum atomic E-state index is -4.13. The third kappa shape index (κ3) is 4.56. The second-order valence-electron chi connectivity index (χ2n) is 7.15. The molecule has 8 nitrogen and oxygen atoms in total. The fourth-order valence-corrected chi connectivity index (χ4v) is 5.94. The van der Waals surface area contributed by atoms with E-state index in [4.69, 9.17) is 8.92 Å². The average molecular weight is 454 g/mol. The average Bonchev–Trinajstić information content (AvgIpc) is 3.12. The molecule has 0 N–H and O–H groups in total. The molecular weight excluding hydrogens is 430 g/mol. The Balaban J connectivity index is 1.88. The number of nitrogens with zero attached hydrogens (tertiary/aromatic N) is 1. The molecule has 162 valence electrons. The third-order valence-electron chi connectivity index (χ3n) is 4.89. The summed E-state index contributed by atoms with van der Waals surface area (Å²) in [4.78, 5) is 12.2. The van der Waals surface area contributed by atoms with E-state index in [1.54, 1.807) is 24.3 Å². The van der Waals surface area contributed by atoms with E-state index in [2.05, 4.69) is 0 Å². The van der Waals surface area contributed by atoms with Crippen molar-refractivity contribution in [2.24, 2.45) is 0 Å². The van der Waals surface area contributed by atoms with Crippen molar-refractivity contribution in [3.8, 4) is 0 Å². The van der Waals surface area contributed by atoms with Crippen molar-refractivity contribution < 1.29 is 30.6 Å². The molecule has 2 aromatic carbocycles. The molecule has 0 bridgehead atoms. The zero-order valence-electron chi connectivity index (χ0n) is 16.8. The Kier molecular flexibility index (Phi) is 6.32. The highest BCUT2D eigenvalue weighted by atomic mass is 32.2. The van der Waals surface area contributed by atoms with Gasteiger partial charge < -0.3 is 4.74 Å². The second kappa shape index (κ2) is 8.46. The number of esters is 1. The second-order valence-corrected chi connectivity index (χ2v) is 10.6. The van der Waals surface area contributed by atoms with Crippen molar-refractivity contribution in [1.29, 1.82) is 0 Å². The minimum absolute atomic E-state index is 0.00375. The predicted octanol–water partition coefficient (Wildman–Crippen LogP) is 2.01. The first-order valence-electron chi connectivity index (χ1n) is 9.21. The van der Waals surface area contributed by atoms with Crippen LogP contribution in [0.2, 0.25) is 0 Å². The SMILES string of the molecule is COC(=O)C1CC(OS(=O)(=O)c2ccc(C)cc2)CN1S(=O)(=O)c1ccc(C)cc1. The Morgan fingerprint density at radius 2 is 1.40 bits per heavy atom. The summed E-state index contributed by atoms with van der Waals surface area (Å²) in [7, 11) is -7.04. The molecule has 1 aliphatic heterocycles. The Labute approximate surface area is 176 Å². The standard InChI is InChI=1S/C20H23NO7S2/c1-14-4-8-17(9-5-14)29(23,24)21-13-16(12-19(21)20(22)27-3)28-30(25,26)18-10-6-15(2)7-11-18/h4-11,16,19H,12-13H2,1-3H3. The van der Waals surface area contributed by atoms with Crippen molar-refractivity contribution in [2.45, 2.75) is 42.2 Å². The highest BCUT2D eigenvalue weighted by Gasteiger charge is 2.46. The van der Waals surface area contributed by atoms with E-state index in [-0.39, 0.29) is 22.8 Å². The molecule has 1 fully saturated rings. The number of hydrogen-bond donors (Lipinski definition) is 0. The van der Waals surface area contributed by atoms with Crippen LogP contribution in [0.3, 0.4) is 0 Å². The zero-order chi connectivity index (χ0) is 22.1. The first kappa shape index (κ1) is 22.4. The summed E-state index contributed by atoms with van der Waals surface area (Å²) in [5, 5.41) is 0. The third-order valence-corrected chi connectivity index (χ3v) is 8.15. The van der Waals surface area contributed by atoms with Crippen LogP contribution in [0.4, 0.5) is 0 Å². The maximum absolute atomic E-state index is 13.1. The lowest BCUT2D eigenvalue weighted by atomic mass is 10.2. The molecule has 2 atom stereocenters. The number of ether oxygens (including phenoxy) is 1. The molecule has 3 rings (SSSR count). The zero-order valence-corrected chi connectivity index (χ0v) is 18.4. The van der Waals surface area contributed by atoms with Gasteiger partial charge in [0.2, 0.25) is 10.0 Å². The number of methoxy groups -OCH3 is 1. The van der Waals surface area contributed by atoms with Crippen molar-refractivity contribution >= 4 is 26.1 Å². The van der Waals surface area contributed by atoms with Gasteiger partial charge in [-0.2, -0.15) is 12.7 Å². The van der Waals surface area contributed by atoms with Crippen LogP contribution in [0.5, 0.6) is 0 Å². The van der Waals surface area contributed by atoms with E-state index in [0.717, 1.165) is 22.5 Å². The lowest BCUT2D eigenvalue weighted by Crippen LogP contribution is -2.41. The molecule has 1 heterocycles. The van der Waals surface area contributed by atoms with Gasteiger partial charge in [0.1, 0.15) is 6.04 Å². The van der Waals surface area contributed by atoms with Crippen molar-refractivity contribution in [2.75, 3.05) is 13.7 Å². The van der Waals surface area contributed by atoms with Gasteiger partial charge in [0.15, 0.2) is 0 Å². The van der Waals surface area contributed by atoms with Gasteiger partial charge >= 0.3 is 5.97 Å². The summed E-state index contributed by atoms with van der Waals surface area (Å²) in [6, 6.07) is 11.1. The number of aryl methyl sites for hydroxylation is 2. The Morgan fingerprint density at radius 1 is 0.900 bits per heavy atom. The van der Waals surface area contributed by atoms with E-state index < -0.39 is 38.3 Å². The van der Waals surface area contributed by atoms with Gasteiger partial charge in [-0.25, -0.2) is 8.42 Å². The summed E-state index contributed by atoms with van der Waals surface area (Å²) in [5.41, 5.74) is 1.77. The Bertz CT molecular complexity index is 1120. The fraction of sp³-hybridized carbons (Fsp3) is 0.350. The number of hydrogen-bond acceptors (Lipinski definition) is 7. The minimum Gasteiger partial charge on any atom is -0.468 e. The van der Waals surface area contributed by atoms with Crippen LogP contribution in [0.1, 0.15) is 17.5 Å². The molecule has 30 heavy (non-hydrogen) atoms. The molecule has 0 aliphatic carbocycles. The lowest BCUT2D eigenvalue weighted by Gasteiger charge is -2.22. The van der Waals surface area contributed by atoms with Gasteiger partial charge in [-0.3, -0.25) is 8.98 Å². The van der Waals surface area contributed by atoms with Gasteiger partial charge in [0.25, 0.3) is 10.1 Å². The molecule has 0 aromatic heterocycles. The molecule has 0 spiro atoms. The van der Waals surface area contributed by atoms with Crippen LogP contribution in [0.15, 0.2) is 58.3 Å². The number of carbonyl (C=O) groups is 1. The largest absolute Gasteiger partial charge is 0.468 e. The summed E-state index contributed by atoms with van der Waals surface area (Å²) in [6.07, 6.45) is -1.16. The van der Waals surface area contributed by atoms with Gasteiger partial charge in [0.05, 0.1) is 23.0 Å². The van der Waals surface area contributed by atoms with Gasteiger partial charge in [-0.1, -0.05) is 35.4 Å². The molecule has 10 heteroatoms. The summed E-state index contributed by atoms with van der Waals surface area (Å²) in [5.74, 6) is -0.774. The monoisotopic (exact) mass is 453 g/mol. The topological polar surface area (TPSA) is 107 Å². The van der Waals surface area contributed by atoms with Crippen molar-refractivity contribution in [3.63, 3.8) is 0 Å². The van der Waals surface area contributed by atoms with Crippen LogP contribution in [-0.2, 0) is 33.9 Å². The fourth-order valence-electron chi connectivity index (χ4n) is 3.24. The summed E-state index contributed by atoms with van der Waals surface area (Å²) >= 11 is 0. The summed E-state index contributed by atoms with van der Waals surface area (Å²) < 4.78 is 62.4. The highest BCUT2D eigenvalue weighted by Crippen LogP contribution is 2.30. The molecule has 2 aromatic rings. The van der Waals surface area contributed by atoms with Gasteiger partial charge in [-0.05, 0) is 38.1 Å². The van der Waals surface area contributed by atoms with Gasteiger partial charge in [-0.15, -0.1) is 0 Å². The maximum Gasteiger partial charge on any atom is 0.324 e. The predicted molar refractivity (Wildman–Crippen MR) is 109 cm³/mol. The number of benzene rings is 2.